The molecule has 0 saturated carbocycles. The fourth-order valence-electron chi connectivity index (χ4n) is 2.13. The number of aromatic nitrogens is 2. The number of hydrogen-bond acceptors (Lipinski definition) is 5. The molecule has 9 heteroatoms. The Bertz CT molecular complexity index is 773. The molecule has 0 aliphatic carbocycles. The van der Waals surface area contributed by atoms with Gasteiger partial charge in [0.1, 0.15) is 12.3 Å². The number of benzene rings is 1. The zero-order valence-corrected chi connectivity index (χ0v) is 18.0. The molecule has 1 N–H and O–H groups in total. The standard InChI is InChI=1S/C18H23Cl2N3O3S/c1-18(2,3)26-17(24)21-9-12-5-7-13(8-6-12)10-27-16-22-14(19)15(20)23(16)11-25-4/h5-8H,9-11H2,1-4H3,(H,21,24). The number of halogens is 2. The SMILES string of the molecule is COCn1c(SCc2ccc(CNC(=O)OC(C)(C)C)cc2)nc(Cl)c1Cl. The maximum absolute atomic E-state index is 11.7. The highest BCUT2D eigenvalue weighted by Gasteiger charge is 2.16. The summed E-state index contributed by atoms with van der Waals surface area (Å²) >= 11 is 13.6. The lowest BCUT2D eigenvalue weighted by atomic mass is 10.1. The Labute approximate surface area is 173 Å². The molecule has 6 nitrogen and oxygen atoms in total. The summed E-state index contributed by atoms with van der Waals surface area (Å²) in [6.07, 6.45) is -0.430. The van der Waals surface area contributed by atoms with Crippen LogP contribution in [0.4, 0.5) is 4.79 Å². The van der Waals surface area contributed by atoms with Crippen molar-refractivity contribution >= 4 is 41.1 Å². The number of amides is 1. The Morgan fingerprint density at radius 3 is 2.44 bits per heavy atom. The average Bonchev–Trinajstić information content (AvgIpc) is 2.86. The van der Waals surface area contributed by atoms with Crippen molar-refractivity contribution in [1.82, 2.24) is 14.9 Å². The summed E-state index contributed by atoms with van der Waals surface area (Å²) in [6, 6.07) is 7.95. The molecule has 0 aliphatic rings. The predicted molar refractivity (Wildman–Crippen MR) is 108 cm³/mol. The largest absolute Gasteiger partial charge is 0.444 e. The van der Waals surface area contributed by atoms with E-state index in [1.54, 1.807) is 11.7 Å². The van der Waals surface area contributed by atoms with E-state index in [1.165, 1.54) is 11.8 Å². The second-order valence-corrected chi connectivity index (χ2v) is 8.44. The quantitative estimate of drug-likeness (QED) is 0.616. The summed E-state index contributed by atoms with van der Waals surface area (Å²) in [7, 11) is 1.59. The van der Waals surface area contributed by atoms with Gasteiger partial charge in [-0.3, -0.25) is 4.57 Å². The summed E-state index contributed by atoms with van der Waals surface area (Å²) in [5.41, 5.74) is 1.59. The smallest absolute Gasteiger partial charge is 0.407 e. The zero-order valence-electron chi connectivity index (χ0n) is 15.7. The average molecular weight is 432 g/mol. The van der Waals surface area contributed by atoms with Gasteiger partial charge in [-0.05, 0) is 31.9 Å². The fraction of sp³-hybridized carbons (Fsp3) is 0.444. The molecule has 0 fully saturated rings. The van der Waals surface area contributed by atoms with E-state index in [0.29, 0.717) is 22.6 Å². The molecule has 148 valence electrons. The van der Waals surface area contributed by atoms with Gasteiger partial charge < -0.3 is 14.8 Å². The fourth-order valence-corrected chi connectivity index (χ4v) is 3.52. The number of methoxy groups -OCH3 is 1. The van der Waals surface area contributed by atoms with Gasteiger partial charge in [-0.2, -0.15) is 0 Å². The van der Waals surface area contributed by atoms with E-state index >= 15 is 0 Å². The van der Waals surface area contributed by atoms with Gasteiger partial charge in [0, 0.05) is 19.4 Å². The highest BCUT2D eigenvalue weighted by atomic mass is 35.5. The molecule has 2 rings (SSSR count). The number of carbonyl (C=O) groups excluding carboxylic acids is 1. The molecular weight excluding hydrogens is 409 g/mol. The number of imidazole rings is 1. The first-order chi connectivity index (χ1) is 12.7. The molecule has 1 amide bonds. The predicted octanol–water partition coefficient (Wildman–Crippen LogP) is 5.11. The van der Waals surface area contributed by atoms with Crippen LogP contribution in [-0.4, -0.2) is 28.4 Å². The number of nitrogens with one attached hydrogen (secondary N) is 1. The minimum Gasteiger partial charge on any atom is -0.444 e. The summed E-state index contributed by atoms with van der Waals surface area (Å²) in [6.45, 7) is 6.19. The highest BCUT2D eigenvalue weighted by Crippen LogP contribution is 2.30. The number of hydrogen-bond donors (Lipinski definition) is 1. The number of ether oxygens (including phenoxy) is 2. The molecule has 0 radical (unpaired) electrons. The van der Waals surface area contributed by atoms with Crippen LogP contribution in [0.25, 0.3) is 0 Å². The summed E-state index contributed by atoms with van der Waals surface area (Å²) in [4.78, 5) is 16.0. The van der Waals surface area contributed by atoms with Crippen LogP contribution in [0.1, 0.15) is 31.9 Å². The Morgan fingerprint density at radius 2 is 1.85 bits per heavy atom. The number of thioether (sulfide) groups is 1. The van der Waals surface area contributed by atoms with Crippen molar-refractivity contribution in [2.24, 2.45) is 0 Å². The third-order valence-corrected chi connectivity index (χ3v) is 5.11. The first-order valence-corrected chi connectivity index (χ1v) is 10.0. The van der Waals surface area contributed by atoms with E-state index in [-0.39, 0.29) is 11.9 Å². The van der Waals surface area contributed by atoms with E-state index in [9.17, 15) is 4.79 Å². The van der Waals surface area contributed by atoms with Crippen molar-refractivity contribution in [3.05, 3.63) is 45.7 Å². The van der Waals surface area contributed by atoms with Crippen molar-refractivity contribution in [1.29, 1.82) is 0 Å². The number of alkyl carbamates (subject to hydrolysis) is 1. The zero-order chi connectivity index (χ0) is 20.0. The lowest BCUT2D eigenvalue weighted by molar-refractivity contribution is 0.0523. The van der Waals surface area contributed by atoms with Gasteiger partial charge in [-0.1, -0.05) is 59.2 Å². The Kier molecular flexibility index (Phi) is 7.85. The van der Waals surface area contributed by atoms with E-state index in [4.69, 9.17) is 32.7 Å². The van der Waals surface area contributed by atoms with Gasteiger partial charge in [0.15, 0.2) is 15.5 Å². The van der Waals surface area contributed by atoms with E-state index in [1.807, 2.05) is 45.0 Å². The number of rotatable bonds is 7. The summed E-state index contributed by atoms with van der Waals surface area (Å²) in [5, 5.41) is 4.07. The third kappa shape index (κ3) is 6.92. The lowest BCUT2D eigenvalue weighted by Crippen LogP contribution is -2.32. The molecule has 0 aliphatic heterocycles. The van der Waals surface area contributed by atoms with Crippen molar-refractivity contribution in [3.63, 3.8) is 0 Å². The Hall–Kier alpha value is -1.41. The van der Waals surface area contributed by atoms with Crippen LogP contribution < -0.4 is 5.32 Å². The van der Waals surface area contributed by atoms with Crippen molar-refractivity contribution in [3.8, 4) is 0 Å². The first kappa shape index (κ1) is 21.9. The lowest BCUT2D eigenvalue weighted by Gasteiger charge is -2.19. The van der Waals surface area contributed by atoms with Crippen LogP contribution in [0, 0.1) is 0 Å². The molecule has 0 spiro atoms. The molecule has 0 unspecified atom stereocenters. The maximum Gasteiger partial charge on any atom is 0.407 e. The minimum atomic E-state index is -0.508. The topological polar surface area (TPSA) is 65.4 Å². The van der Waals surface area contributed by atoms with Crippen LogP contribution in [0.5, 0.6) is 0 Å². The van der Waals surface area contributed by atoms with Gasteiger partial charge in [0.25, 0.3) is 0 Å². The van der Waals surface area contributed by atoms with Crippen molar-refractivity contribution in [2.75, 3.05) is 7.11 Å². The molecule has 1 heterocycles. The molecule has 0 bridgehead atoms. The van der Waals surface area contributed by atoms with E-state index in [0.717, 1.165) is 11.1 Å². The maximum atomic E-state index is 11.7. The summed E-state index contributed by atoms with van der Waals surface area (Å²) < 4.78 is 12.1. The van der Waals surface area contributed by atoms with Gasteiger partial charge in [-0.15, -0.1) is 0 Å². The van der Waals surface area contributed by atoms with Gasteiger partial charge in [0.05, 0.1) is 0 Å². The Balaban J connectivity index is 1.89. The van der Waals surface area contributed by atoms with Crippen LogP contribution in [0.15, 0.2) is 29.4 Å². The Morgan fingerprint density at radius 1 is 1.22 bits per heavy atom. The summed E-state index contributed by atoms with van der Waals surface area (Å²) in [5.74, 6) is 0.702. The van der Waals surface area contributed by atoms with Gasteiger partial charge >= 0.3 is 6.09 Å². The second kappa shape index (κ2) is 9.68. The molecule has 1 aromatic heterocycles. The van der Waals surface area contributed by atoms with Crippen LogP contribution >= 0.6 is 35.0 Å². The molecule has 27 heavy (non-hydrogen) atoms. The number of nitrogens with zero attached hydrogens (tertiary/aromatic N) is 2. The van der Waals surface area contributed by atoms with E-state index in [2.05, 4.69) is 10.3 Å². The van der Waals surface area contributed by atoms with Crippen molar-refractivity contribution < 1.29 is 14.3 Å². The first-order valence-electron chi connectivity index (χ1n) is 8.27. The van der Waals surface area contributed by atoms with Crippen LogP contribution in [-0.2, 0) is 28.5 Å². The molecule has 0 atom stereocenters. The molecule has 0 saturated heterocycles. The van der Waals surface area contributed by atoms with Crippen LogP contribution in [0.3, 0.4) is 0 Å². The molecule has 1 aromatic carbocycles. The van der Waals surface area contributed by atoms with Gasteiger partial charge in [0.2, 0.25) is 0 Å². The normalized spacial score (nSPS) is 11.5. The van der Waals surface area contributed by atoms with E-state index < -0.39 is 11.7 Å². The monoisotopic (exact) mass is 431 g/mol. The van der Waals surface area contributed by atoms with Crippen molar-refractivity contribution in [2.45, 2.75) is 50.6 Å². The minimum absolute atomic E-state index is 0.264. The molecular formula is C18H23Cl2N3O3S. The molecule has 2 aromatic rings. The van der Waals surface area contributed by atoms with Crippen LogP contribution in [0.2, 0.25) is 10.3 Å². The second-order valence-electron chi connectivity index (χ2n) is 6.78. The highest BCUT2D eigenvalue weighted by molar-refractivity contribution is 7.98. The number of carbonyl (C=O) groups is 1. The third-order valence-electron chi connectivity index (χ3n) is 3.32. The van der Waals surface area contributed by atoms with Gasteiger partial charge in [-0.25, -0.2) is 9.78 Å².